The van der Waals surface area contributed by atoms with E-state index in [9.17, 15) is 10.2 Å². The van der Waals surface area contributed by atoms with Crippen LogP contribution in [0.25, 0.3) is 0 Å². The zero-order valence-corrected chi connectivity index (χ0v) is 14.6. The SMILES string of the molecule is CN1CC23C=C[C@H](O)[C@@H]4Oc5c(O)ccc6c5[C@]4(C2)[C@@H]3C1C6.[Er]. The molecule has 4 nitrogen and oxygen atoms in total. The Hall–Kier alpha value is -0.273. The molecule has 2 spiro atoms. The predicted molar refractivity (Wildman–Crippen MR) is 80.0 cm³/mol. The van der Waals surface area contributed by atoms with Crippen LogP contribution in [-0.2, 0) is 11.8 Å². The minimum atomic E-state index is -0.589. The molecule has 1 aromatic rings. The van der Waals surface area contributed by atoms with Crippen LogP contribution in [0.5, 0.6) is 11.5 Å². The number of nitrogens with zero attached hydrogens (tertiary/aromatic N) is 1. The van der Waals surface area contributed by atoms with Crippen LogP contribution in [-0.4, -0.2) is 47.0 Å². The van der Waals surface area contributed by atoms with E-state index in [4.69, 9.17) is 4.74 Å². The smallest absolute Gasteiger partial charge is 0.165 e. The summed E-state index contributed by atoms with van der Waals surface area (Å²) < 4.78 is 6.15. The van der Waals surface area contributed by atoms with Crippen LogP contribution in [0.4, 0.5) is 0 Å². The number of hydrogen-bond acceptors (Lipinski definition) is 4. The van der Waals surface area contributed by atoms with Crippen molar-refractivity contribution in [2.45, 2.75) is 36.5 Å². The molecule has 2 fully saturated rings. The van der Waals surface area contributed by atoms with E-state index in [0.29, 0.717) is 17.7 Å². The molecule has 126 valence electrons. The molecule has 6 atom stereocenters. The monoisotopic (exact) mass is 463 g/mol. The number of rotatable bonds is 0. The molecule has 6 rings (SSSR count). The average molecular weight is 465 g/mol. The maximum Gasteiger partial charge on any atom is 0.165 e. The van der Waals surface area contributed by atoms with E-state index in [0.717, 1.165) is 19.4 Å². The van der Waals surface area contributed by atoms with E-state index in [1.807, 2.05) is 6.08 Å². The number of aromatic hydroxyl groups is 1. The predicted octanol–water partition coefficient (Wildman–Crippen LogP) is 1.20. The van der Waals surface area contributed by atoms with Crippen LogP contribution in [0.3, 0.4) is 0 Å². The Labute approximate surface area is 164 Å². The molecule has 1 saturated carbocycles. The Balaban J connectivity index is 0.00000121. The Kier molecular flexibility index (Phi) is 2.79. The summed E-state index contributed by atoms with van der Waals surface area (Å²) in [7, 11) is 2.22. The summed E-state index contributed by atoms with van der Waals surface area (Å²) in [5.41, 5.74) is 2.57. The van der Waals surface area contributed by atoms with E-state index in [1.165, 1.54) is 11.1 Å². The van der Waals surface area contributed by atoms with E-state index < -0.39 is 6.10 Å². The van der Waals surface area contributed by atoms with Gasteiger partial charge in [-0.2, -0.15) is 0 Å². The molecule has 0 radical (unpaired) electrons. The van der Waals surface area contributed by atoms with Crippen molar-refractivity contribution in [3.8, 4) is 11.5 Å². The third-order valence-electron chi connectivity index (χ3n) is 7.10. The van der Waals surface area contributed by atoms with Crippen molar-refractivity contribution in [2.75, 3.05) is 13.6 Å². The molecular formula is C18H19ErNO3. The second-order valence-corrected chi connectivity index (χ2v) is 7.95. The Bertz CT molecular complexity index is 765. The summed E-state index contributed by atoms with van der Waals surface area (Å²) in [4.78, 5) is 2.49. The van der Waals surface area contributed by atoms with Crippen LogP contribution in [0.2, 0.25) is 0 Å². The fourth-order valence-electron chi connectivity index (χ4n) is 6.65. The molecular weight excluding hydrogens is 445 g/mol. The molecule has 0 amide bonds. The molecule has 2 N–H and O–H groups in total. The number of aliphatic hydroxyl groups excluding tert-OH is 1. The van der Waals surface area contributed by atoms with Crippen molar-refractivity contribution in [2.24, 2.45) is 11.3 Å². The van der Waals surface area contributed by atoms with Crippen molar-refractivity contribution in [1.82, 2.24) is 4.90 Å². The molecule has 3 aliphatic carbocycles. The van der Waals surface area contributed by atoms with Gasteiger partial charge in [0.15, 0.2) is 11.5 Å². The van der Waals surface area contributed by atoms with Gasteiger partial charge < -0.3 is 19.8 Å². The van der Waals surface area contributed by atoms with Gasteiger partial charge in [-0.3, -0.25) is 0 Å². The quantitative estimate of drug-likeness (QED) is 0.567. The minimum absolute atomic E-state index is 0. The number of phenols is 1. The van der Waals surface area contributed by atoms with Gasteiger partial charge in [0.25, 0.3) is 0 Å². The van der Waals surface area contributed by atoms with Gasteiger partial charge in [-0.1, -0.05) is 18.2 Å². The summed E-state index contributed by atoms with van der Waals surface area (Å²) in [5, 5.41) is 20.9. The molecule has 2 aliphatic heterocycles. The second kappa shape index (κ2) is 4.27. The van der Waals surface area contributed by atoms with Crippen LogP contribution < -0.4 is 4.74 Å². The van der Waals surface area contributed by atoms with Crippen LogP contribution in [0.15, 0.2) is 24.3 Å². The van der Waals surface area contributed by atoms with Crippen molar-refractivity contribution in [1.29, 1.82) is 0 Å². The first kappa shape index (κ1) is 15.0. The zero-order chi connectivity index (χ0) is 14.9. The number of ether oxygens (including phenoxy) is 1. The number of aliphatic hydroxyl groups is 1. The summed E-state index contributed by atoms with van der Waals surface area (Å²) in [6, 6.07) is 4.32. The number of phenolic OH excluding ortho intramolecular Hbond substituents is 1. The minimum Gasteiger partial charge on any atom is -0.504 e. The number of hydrogen-bond donors (Lipinski definition) is 2. The molecule has 2 unspecified atom stereocenters. The van der Waals surface area contributed by atoms with Gasteiger partial charge in [-0.15, -0.1) is 0 Å². The number of likely N-dealkylation sites (tertiary alicyclic amines) is 1. The fraction of sp³-hybridized carbons (Fsp3) is 0.556. The van der Waals surface area contributed by atoms with Gasteiger partial charge >= 0.3 is 0 Å². The topological polar surface area (TPSA) is 52.9 Å². The normalized spacial score (nSPS) is 47.2. The summed E-state index contributed by atoms with van der Waals surface area (Å²) in [5.74, 6) is 1.36. The Morgan fingerprint density at radius 3 is 3.00 bits per heavy atom. The molecule has 1 saturated heterocycles. The summed E-state index contributed by atoms with van der Waals surface area (Å²) >= 11 is 0. The first-order valence-corrected chi connectivity index (χ1v) is 8.16. The van der Waals surface area contributed by atoms with Crippen LogP contribution in [0.1, 0.15) is 17.5 Å². The molecule has 2 heterocycles. The van der Waals surface area contributed by atoms with E-state index in [-0.39, 0.29) is 60.0 Å². The Morgan fingerprint density at radius 2 is 2.17 bits per heavy atom. The first-order valence-electron chi connectivity index (χ1n) is 8.16. The molecule has 1 aromatic carbocycles. The molecule has 23 heavy (non-hydrogen) atoms. The van der Waals surface area contributed by atoms with E-state index in [1.54, 1.807) is 6.07 Å². The number of benzene rings is 1. The van der Waals surface area contributed by atoms with Gasteiger partial charge in [0.2, 0.25) is 0 Å². The van der Waals surface area contributed by atoms with E-state index >= 15 is 0 Å². The van der Waals surface area contributed by atoms with Crippen molar-refractivity contribution >= 4 is 0 Å². The maximum absolute atomic E-state index is 10.6. The van der Waals surface area contributed by atoms with Crippen LogP contribution in [0, 0.1) is 48.6 Å². The second-order valence-electron chi connectivity index (χ2n) is 7.95. The third-order valence-corrected chi connectivity index (χ3v) is 7.10. The van der Waals surface area contributed by atoms with Crippen molar-refractivity contribution in [3.05, 3.63) is 35.4 Å². The standard InChI is InChI=1S/C18H19NO3.Er/c1-19-8-17-5-4-12(21)16-18(7-17)13-9(6-10(19)15(17)18)2-3-11(20)14(13)22-16;/h2-5,10,12,15-16,20-21H,6-8H2,1H3;/t10?,12-,15+,16-,17?,18+;/m0./s1. The molecule has 5 aliphatic rings. The summed E-state index contributed by atoms with van der Waals surface area (Å²) in [6.07, 6.45) is 5.42. The van der Waals surface area contributed by atoms with Gasteiger partial charge in [-0.05, 0) is 37.4 Å². The third kappa shape index (κ3) is 1.40. The largest absolute Gasteiger partial charge is 0.504 e. The Morgan fingerprint density at radius 1 is 1.35 bits per heavy atom. The van der Waals surface area contributed by atoms with Crippen molar-refractivity contribution < 1.29 is 52.3 Å². The zero-order valence-electron chi connectivity index (χ0n) is 12.8. The maximum atomic E-state index is 10.6. The fourth-order valence-corrected chi connectivity index (χ4v) is 6.65. The van der Waals surface area contributed by atoms with E-state index in [2.05, 4.69) is 24.1 Å². The number of likely N-dealkylation sites (N-methyl/N-ethyl adjacent to an activating group) is 1. The van der Waals surface area contributed by atoms with Gasteiger partial charge in [0.05, 0.1) is 0 Å². The van der Waals surface area contributed by atoms with Gasteiger partial charge in [0.1, 0.15) is 12.2 Å². The molecule has 2 bridgehead atoms. The van der Waals surface area contributed by atoms with Gasteiger partial charge in [0, 0.05) is 66.3 Å². The van der Waals surface area contributed by atoms with Gasteiger partial charge in [-0.25, -0.2) is 0 Å². The first-order chi connectivity index (χ1) is 10.6. The average Bonchev–Trinajstić information content (AvgIpc) is 2.88. The van der Waals surface area contributed by atoms with Crippen LogP contribution >= 0.6 is 0 Å². The summed E-state index contributed by atoms with van der Waals surface area (Å²) in [6.45, 7) is 1.06. The van der Waals surface area contributed by atoms with Crippen molar-refractivity contribution in [3.63, 3.8) is 0 Å². The molecule has 0 aromatic heterocycles. The molecule has 5 heteroatoms.